The van der Waals surface area contributed by atoms with Gasteiger partial charge in [-0.1, -0.05) is 13.8 Å². The molecule has 102 valence electrons. The van der Waals surface area contributed by atoms with Gasteiger partial charge in [0.25, 0.3) is 0 Å². The maximum Gasteiger partial charge on any atom is 0.435 e. The van der Waals surface area contributed by atoms with Crippen molar-refractivity contribution in [2.75, 3.05) is 0 Å². The van der Waals surface area contributed by atoms with Crippen LogP contribution < -0.4 is 0 Å². The van der Waals surface area contributed by atoms with Gasteiger partial charge >= 0.3 is 6.18 Å². The van der Waals surface area contributed by atoms with Crippen LogP contribution >= 0.6 is 0 Å². The SMILES string of the molecule is CC1(C)CCC(O)C(n2ccc(C(F)(F)F)n2)C1. The summed E-state index contributed by atoms with van der Waals surface area (Å²) in [7, 11) is 0. The van der Waals surface area contributed by atoms with E-state index in [1.54, 1.807) is 0 Å². The van der Waals surface area contributed by atoms with Crippen LogP contribution in [0.3, 0.4) is 0 Å². The molecule has 1 fully saturated rings. The molecule has 6 heteroatoms. The molecule has 0 aromatic carbocycles. The van der Waals surface area contributed by atoms with Crippen LogP contribution in [0.2, 0.25) is 0 Å². The second-order valence-corrected chi connectivity index (χ2v) is 5.72. The molecule has 1 aliphatic rings. The Balaban J connectivity index is 2.22. The highest BCUT2D eigenvalue weighted by Gasteiger charge is 2.38. The molecular formula is C12H17F3N2O. The number of nitrogens with zero attached hydrogens (tertiary/aromatic N) is 2. The summed E-state index contributed by atoms with van der Waals surface area (Å²) in [6.45, 7) is 4.11. The minimum Gasteiger partial charge on any atom is -0.391 e. The Morgan fingerprint density at radius 1 is 1.44 bits per heavy atom. The zero-order chi connectivity index (χ0) is 13.6. The lowest BCUT2D eigenvalue weighted by atomic mass is 9.74. The fourth-order valence-electron chi connectivity index (χ4n) is 2.48. The van der Waals surface area contributed by atoms with Crippen LogP contribution in [0, 0.1) is 5.41 Å². The molecule has 18 heavy (non-hydrogen) atoms. The van der Waals surface area contributed by atoms with Crippen LogP contribution in [0.4, 0.5) is 13.2 Å². The molecule has 1 heterocycles. The topological polar surface area (TPSA) is 38.0 Å². The number of hydrogen-bond donors (Lipinski definition) is 1. The molecule has 0 radical (unpaired) electrons. The van der Waals surface area contributed by atoms with Crippen LogP contribution in [0.25, 0.3) is 0 Å². The van der Waals surface area contributed by atoms with Crippen molar-refractivity contribution >= 4 is 0 Å². The minimum absolute atomic E-state index is 0.0221. The Morgan fingerprint density at radius 3 is 2.67 bits per heavy atom. The van der Waals surface area contributed by atoms with E-state index in [2.05, 4.69) is 18.9 Å². The van der Waals surface area contributed by atoms with Crippen LogP contribution in [-0.2, 0) is 6.18 Å². The van der Waals surface area contributed by atoms with E-state index >= 15 is 0 Å². The van der Waals surface area contributed by atoms with Crippen molar-refractivity contribution in [1.82, 2.24) is 9.78 Å². The van der Waals surface area contributed by atoms with E-state index in [0.717, 1.165) is 12.5 Å². The summed E-state index contributed by atoms with van der Waals surface area (Å²) in [5, 5.41) is 13.5. The van der Waals surface area contributed by atoms with Gasteiger partial charge in [-0.3, -0.25) is 4.68 Å². The molecule has 0 amide bonds. The quantitative estimate of drug-likeness (QED) is 0.844. The predicted octanol–water partition coefficient (Wildman–Crippen LogP) is 3.01. The highest BCUT2D eigenvalue weighted by molar-refractivity contribution is 5.05. The van der Waals surface area contributed by atoms with Crippen LogP contribution in [0.5, 0.6) is 0 Å². The Morgan fingerprint density at radius 2 is 2.11 bits per heavy atom. The van der Waals surface area contributed by atoms with Crippen molar-refractivity contribution in [3.8, 4) is 0 Å². The van der Waals surface area contributed by atoms with E-state index in [4.69, 9.17) is 0 Å². The summed E-state index contributed by atoms with van der Waals surface area (Å²) in [5.41, 5.74) is -0.882. The lowest BCUT2D eigenvalue weighted by Gasteiger charge is -2.38. The van der Waals surface area contributed by atoms with Gasteiger partial charge in [-0.15, -0.1) is 0 Å². The zero-order valence-corrected chi connectivity index (χ0v) is 10.4. The Bertz CT molecular complexity index is 425. The summed E-state index contributed by atoms with van der Waals surface area (Å²) in [4.78, 5) is 0. The molecule has 1 aromatic heterocycles. The van der Waals surface area contributed by atoms with Crippen molar-refractivity contribution in [3.05, 3.63) is 18.0 Å². The average molecular weight is 262 g/mol. The number of aliphatic hydroxyl groups is 1. The van der Waals surface area contributed by atoms with Crippen LogP contribution in [-0.4, -0.2) is 21.0 Å². The Labute approximate surface area is 104 Å². The summed E-state index contributed by atoms with van der Waals surface area (Å²) in [5.74, 6) is 0. The first-order valence-electron chi connectivity index (χ1n) is 5.99. The van der Waals surface area contributed by atoms with Crippen molar-refractivity contribution in [1.29, 1.82) is 0 Å². The normalized spacial score (nSPS) is 28.3. The van der Waals surface area contributed by atoms with E-state index in [0.29, 0.717) is 12.8 Å². The monoisotopic (exact) mass is 262 g/mol. The number of alkyl halides is 3. The Hall–Kier alpha value is -1.04. The van der Waals surface area contributed by atoms with Crippen LogP contribution in [0.1, 0.15) is 44.8 Å². The lowest BCUT2D eigenvalue weighted by Crippen LogP contribution is -2.35. The van der Waals surface area contributed by atoms with Gasteiger partial charge in [0.1, 0.15) is 0 Å². The maximum atomic E-state index is 12.5. The Kier molecular flexibility index (Phi) is 3.17. The van der Waals surface area contributed by atoms with Gasteiger partial charge in [-0.05, 0) is 30.7 Å². The largest absolute Gasteiger partial charge is 0.435 e. The molecule has 2 unspecified atom stereocenters. The van der Waals surface area contributed by atoms with Gasteiger partial charge < -0.3 is 5.11 Å². The smallest absolute Gasteiger partial charge is 0.391 e. The molecule has 1 aromatic rings. The maximum absolute atomic E-state index is 12.5. The molecule has 1 N–H and O–H groups in total. The lowest BCUT2D eigenvalue weighted by molar-refractivity contribution is -0.141. The number of rotatable bonds is 1. The van der Waals surface area contributed by atoms with Gasteiger partial charge in [0.15, 0.2) is 5.69 Å². The molecule has 0 spiro atoms. The van der Waals surface area contributed by atoms with Gasteiger partial charge in [0.2, 0.25) is 0 Å². The van der Waals surface area contributed by atoms with E-state index < -0.39 is 18.0 Å². The first kappa shape index (κ1) is 13.4. The average Bonchev–Trinajstić information content (AvgIpc) is 2.70. The first-order chi connectivity index (χ1) is 8.19. The van der Waals surface area contributed by atoms with Crippen molar-refractivity contribution in [2.45, 2.75) is 51.4 Å². The first-order valence-corrected chi connectivity index (χ1v) is 5.99. The molecule has 0 saturated heterocycles. The van der Waals surface area contributed by atoms with E-state index in [1.165, 1.54) is 10.9 Å². The molecule has 0 aliphatic heterocycles. The summed E-state index contributed by atoms with van der Waals surface area (Å²) >= 11 is 0. The van der Waals surface area contributed by atoms with Gasteiger partial charge in [-0.2, -0.15) is 18.3 Å². The van der Waals surface area contributed by atoms with Gasteiger partial charge in [-0.25, -0.2) is 0 Å². The third-order valence-corrected chi connectivity index (χ3v) is 3.56. The van der Waals surface area contributed by atoms with E-state index in [-0.39, 0.29) is 11.5 Å². The molecule has 0 bridgehead atoms. The number of aromatic nitrogens is 2. The zero-order valence-electron chi connectivity index (χ0n) is 10.4. The van der Waals surface area contributed by atoms with E-state index in [1.807, 2.05) is 0 Å². The second-order valence-electron chi connectivity index (χ2n) is 5.72. The van der Waals surface area contributed by atoms with Gasteiger partial charge in [0.05, 0.1) is 12.1 Å². The highest BCUT2D eigenvalue weighted by Crippen LogP contribution is 2.41. The van der Waals surface area contributed by atoms with E-state index in [9.17, 15) is 18.3 Å². The number of hydrogen-bond acceptors (Lipinski definition) is 2. The third-order valence-electron chi connectivity index (χ3n) is 3.56. The van der Waals surface area contributed by atoms with Crippen molar-refractivity contribution in [3.63, 3.8) is 0 Å². The molecule has 3 nitrogen and oxygen atoms in total. The van der Waals surface area contributed by atoms with Crippen LogP contribution in [0.15, 0.2) is 12.3 Å². The van der Waals surface area contributed by atoms with Crippen molar-refractivity contribution < 1.29 is 18.3 Å². The second kappa shape index (κ2) is 4.26. The summed E-state index contributed by atoms with van der Waals surface area (Å²) < 4.78 is 38.7. The van der Waals surface area contributed by atoms with Crippen molar-refractivity contribution in [2.24, 2.45) is 5.41 Å². The minimum atomic E-state index is -4.43. The van der Waals surface area contributed by atoms with Gasteiger partial charge in [0, 0.05) is 6.20 Å². The molecule has 2 rings (SSSR count). The predicted molar refractivity (Wildman–Crippen MR) is 59.9 cm³/mol. The molecule has 1 saturated carbocycles. The highest BCUT2D eigenvalue weighted by atomic mass is 19.4. The summed E-state index contributed by atoms with van der Waals surface area (Å²) in [6.07, 6.45) is -1.65. The molecule has 1 aliphatic carbocycles. The third kappa shape index (κ3) is 2.68. The summed E-state index contributed by atoms with van der Waals surface area (Å²) in [6, 6.07) is 0.582. The molecular weight excluding hydrogens is 245 g/mol. The number of aliphatic hydroxyl groups excluding tert-OH is 1. The molecule has 2 atom stereocenters. The standard InChI is InChI=1S/C12H17F3N2O/c1-11(2)5-3-9(18)8(7-11)17-6-4-10(16-17)12(13,14)15/h4,6,8-9,18H,3,5,7H2,1-2H3. The number of halogens is 3. The fraction of sp³-hybridized carbons (Fsp3) is 0.750. The fourth-order valence-corrected chi connectivity index (χ4v) is 2.48.